The molecule has 2 atom stereocenters. The lowest BCUT2D eigenvalue weighted by atomic mass is 9.80. The van der Waals surface area contributed by atoms with Crippen molar-refractivity contribution in [2.45, 2.75) is 39.7 Å². The van der Waals surface area contributed by atoms with Gasteiger partial charge in [-0.15, -0.1) is 11.3 Å². The lowest BCUT2D eigenvalue weighted by molar-refractivity contribution is -0.121. The summed E-state index contributed by atoms with van der Waals surface area (Å²) >= 11 is 1.61. The Morgan fingerprint density at radius 1 is 1.06 bits per heavy atom. The molecule has 2 heterocycles. The van der Waals surface area contributed by atoms with E-state index in [-0.39, 0.29) is 17.9 Å². The molecule has 3 aromatic rings. The first-order valence-electron chi connectivity index (χ1n) is 11.1. The summed E-state index contributed by atoms with van der Waals surface area (Å²) < 4.78 is 0. The predicted molar refractivity (Wildman–Crippen MR) is 131 cm³/mol. The summed E-state index contributed by atoms with van der Waals surface area (Å²) in [6, 6.07) is 17.4. The molecule has 2 amide bonds. The van der Waals surface area contributed by atoms with Crippen molar-refractivity contribution in [1.82, 2.24) is 4.90 Å². The zero-order valence-corrected chi connectivity index (χ0v) is 20.1. The molecule has 0 radical (unpaired) electrons. The molecule has 0 aliphatic carbocycles. The largest absolute Gasteiger partial charge is 0.329 e. The van der Waals surface area contributed by atoms with Gasteiger partial charge < -0.3 is 9.80 Å². The maximum absolute atomic E-state index is 14.1. The SMILES string of the molecule is Cc1ccc(N(C)C(=O)C2c3ccccc3C(=O)N(CC(C)C)C2c2cccs2)cc1C. The van der Waals surface area contributed by atoms with Gasteiger partial charge in [-0.05, 0) is 66.1 Å². The van der Waals surface area contributed by atoms with Crippen LogP contribution in [-0.2, 0) is 4.79 Å². The first-order valence-corrected chi connectivity index (χ1v) is 12.0. The van der Waals surface area contributed by atoms with Gasteiger partial charge in [-0.2, -0.15) is 0 Å². The fourth-order valence-electron chi connectivity index (χ4n) is 4.50. The summed E-state index contributed by atoms with van der Waals surface area (Å²) in [6.45, 7) is 8.95. The number of hydrogen-bond acceptors (Lipinski definition) is 3. The third-order valence-electron chi connectivity index (χ3n) is 6.31. The van der Waals surface area contributed by atoms with Gasteiger partial charge in [-0.1, -0.05) is 44.2 Å². The quantitative estimate of drug-likeness (QED) is 0.485. The minimum absolute atomic E-state index is 0.000333. The Balaban J connectivity index is 1.85. The molecule has 4 rings (SSSR count). The molecule has 0 N–H and O–H groups in total. The highest BCUT2D eigenvalue weighted by molar-refractivity contribution is 7.10. The highest BCUT2D eigenvalue weighted by Crippen LogP contribution is 2.45. The van der Waals surface area contributed by atoms with Crippen molar-refractivity contribution in [2.24, 2.45) is 5.92 Å². The molecule has 4 nitrogen and oxygen atoms in total. The molecule has 5 heteroatoms. The van der Waals surface area contributed by atoms with Gasteiger partial charge in [0.1, 0.15) is 0 Å². The van der Waals surface area contributed by atoms with E-state index >= 15 is 0 Å². The number of hydrogen-bond donors (Lipinski definition) is 0. The summed E-state index contributed by atoms with van der Waals surface area (Å²) in [4.78, 5) is 32.3. The van der Waals surface area contributed by atoms with Gasteiger partial charge in [0.05, 0.1) is 12.0 Å². The second kappa shape index (κ2) is 8.91. The van der Waals surface area contributed by atoms with Crippen LogP contribution in [0.3, 0.4) is 0 Å². The fraction of sp³-hybridized carbons (Fsp3) is 0.333. The van der Waals surface area contributed by atoms with E-state index in [4.69, 9.17) is 0 Å². The van der Waals surface area contributed by atoms with Gasteiger partial charge in [-0.25, -0.2) is 0 Å². The standard InChI is InChI=1S/C27H30N2O2S/c1-17(2)16-29-25(23-11-8-14-32-23)24(21-9-6-7-10-22(21)26(29)30)27(31)28(5)20-13-12-18(3)19(4)15-20/h6-15,17,24-25H,16H2,1-5H3. The summed E-state index contributed by atoms with van der Waals surface area (Å²) in [5.74, 6) is -0.168. The van der Waals surface area contributed by atoms with Crippen molar-refractivity contribution in [3.05, 3.63) is 87.1 Å². The molecule has 0 bridgehead atoms. The Bertz CT molecular complexity index is 1140. The maximum Gasteiger partial charge on any atom is 0.254 e. The highest BCUT2D eigenvalue weighted by Gasteiger charge is 2.45. The van der Waals surface area contributed by atoms with Crippen LogP contribution < -0.4 is 4.90 Å². The van der Waals surface area contributed by atoms with Crippen molar-refractivity contribution < 1.29 is 9.59 Å². The summed E-state index contributed by atoms with van der Waals surface area (Å²) in [5.41, 5.74) is 4.66. The predicted octanol–water partition coefficient (Wildman–Crippen LogP) is 5.96. The van der Waals surface area contributed by atoms with Gasteiger partial charge in [-0.3, -0.25) is 9.59 Å². The molecule has 0 fully saturated rings. The van der Waals surface area contributed by atoms with Crippen LogP contribution in [0.4, 0.5) is 5.69 Å². The van der Waals surface area contributed by atoms with Crippen LogP contribution in [0.25, 0.3) is 0 Å². The fourth-order valence-corrected chi connectivity index (χ4v) is 5.37. The third kappa shape index (κ3) is 3.97. The van der Waals surface area contributed by atoms with Crippen LogP contribution in [0.1, 0.15) is 57.7 Å². The minimum atomic E-state index is -0.465. The third-order valence-corrected chi connectivity index (χ3v) is 7.25. The molecular weight excluding hydrogens is 416 g/mol. The summed E-state index contributed by atoms with van der Waals surface area (Å²) in [7, 11) is 1.84. The number of nitrogens with zero attached hydrogens (tertiary/aromatic N) is 2. The van der Waals surface area contributed by atoms with Crippen molar-refractivity contribution >= 4 is 28.8 Å². The van der Waals surface area contributed by atoms with Crippen LogP contribution in [0.2, 0.25) is 0 Å². The number of carbonyl (C=O) groups excluding carboxylic acids is 2. The number of aryl methyl sites for hydroxylation is 2. The van der Waals surface area contributed by atoms with Crippen molar-refractivity contribution in [2.75, 3.05) is 18.5 Å². The number of benzene rings is 2. The van der Waals surface area contributed by atoms with Gasteiger partial charge in [0.15, 0.2) is 0 Å². The van der Waals surface area contributed by atoms with E-state index in [0.717, 1.165) is 21.7 Å². The number of thiophene rings is 1. The first-order chi connectivity index (χ1) is 15.3. The molecule has 2 aromatic carbocycles. The summed E-state index contributed by atoms with van der Waals surface area (Å²) in [6.07, 6.45) is 0. The topological polar surface area (TPSA) is 40.6 Å². The molecule has 0 saturated carbocycles. The number of fused-ring (bicyclic) bond motifs is 1. The maximum atomic E-state index is 14.1. The van der Waals surface area contributed by atoms with Gasteiger partial charge in [0.25, 0.3) is 5.91 Å². The zero-order chi connectivity index (χ0) is 23.0. The molecular formula is C27H30N2O2S. The Kier molecular flexibility index (Phi) is 6.20. The second-order valence-electron chi connectivity index (χ2n) is 9.04. The second-order valence-corrected chi connectivity index (χ2v) is 10.0. The van der Waals surface area contributed by atoms with E-state index < -0.39 is 5.92 Å². The van der Waals surface area contributed by atoms with E-state index in [1.165, 1.54) is 5.56 Å². The molecule has 2 unspecified atom stereocenters. The molecule has 166 valence electrons. The van der Waals surface area contributed by atoms with Gasteiger partial charge in [0.2, 0.25) is 5.91 Å². The monoisotopic (exact) mass is 446 g/mol. The zero-order valence-electron chi connectivity index (χ0n) is 19.3. The lowest BCUT2D eigenvalue weighted by Crippen LogP contribution is -2.48. The van der Waals surface area contributed by atoms with Crippen LogP contribution in [0.5, 0.6) is 0 Å². The number of rotatable bonds is 5. The van der Waals surface area contributed by atoms with Crippen molar-refractivity contribution in [1.29, 1.82) is 0 Å². The van der Waals surface area contributed by atoms with E-state index in [0.29, 0.717) is 18.0 Å². The van der Waals surface area contributed by atoms with Gasteiger partial charge >= 0.3 is 0 Å². The highest BCUT2D eigenvalue weighted by atomic mass is 32.1. The van der Waals surface area contributed by atoms with E-state index in [9.17, 15) is 9.59 Å². The number of anilines is 1. The van der Waals surface area contributed by atoms with E-state index in [1.807, 2.05) is 59.8 Å². The Labute approximate surface area is 194 Å². The molecule has 1 aliphatic heterocycles. The van der Waals surface area contributed by atoms with E-state index in [2.05, 4.69) is 39.8 Å². The number of carbonyl (C=O) groups is 2. The molecule has 0 saturated heterocycles. The van der Waals surface area contributed by atoms with Crippen LogP contribution >= 0.6 is 11.3 Å². The molecule has 1 aromatic heterocycles. The van der Waals surface area contributed by atoms with Crippen LogP contribution in [0, 0.1) is 19.8 Å². The van der Waals surface area contributed by atoms with Gasteiger partial charge in [0, 0.05) is 29.7 Å². The minimum Gasteiger partial charge on any atom is -0.329 e. The van der Waals surface area contributed by atoms with Crippen molar-refractivity contribution in [3.8, 4) is 0 Å². The smallest absolute Gasteiger partial charge is 0.254 e. The average Bonchev–Trinajstić information content (AvgIpc) is 3.30. The normalized spacial score (nSPS) is 18.1. The average molecular weight is 447 g/mol. The first kappa shape index (κ1) is 22.3. The molecule has 1 aliphatic rings. The van der Waals surface area contributed by atoms with E-state index in [1.54, 1.807) is 16.2 Å². The Morgan fingerprint density at radius 3 is 2.47 bits per heavy atom. The number of amides is 2. The molecule has 0 spiro atoms. The lowest BCUT2D eigenvalue weighted by Gasteiger charge is -2.43. The van der Waals surface area contributed by atoms with Crippen LogP contribution in [-0.4, -0.2) is 30.3 Å². The molecule has 32 heavy (non-hydrogen) atoms. The summed E-state index contributed by atoms with van der Waals surface area (Å²) in [5, 5.41) is 2.02. The Morgan fingerprint density at radius 2 is 1.81 bits per heavy atom. The Hall–Kier alpha value is -2.92. The van der Waals surface area contributed by atoms with Crippen LogP contribution in [0.15, 0.2) is 60.0 Å². The van der Waals surface area contributed by atoms with Crippen molar-refractivity contribution in [3.63, 3.8) is 0 Å². The number of likely N-dealkylation sites (N-methyl/N-ethyl adjacent to an activating group) is 1.